The van der Waals surface area contributed by atoms with E-state index in [-0.39, 0.29) is 0 Å². The second-order valence-corrected chi connectivity index (χ2v) is 7.35. The zero-order chi connectivity index (χ0) is 21.3. The average molecular weight is 408 g/mol. The van der Waals surface area contributed by atoms with Gasteiger partial charge in [-0.1, -0.05) is 42.5 Å². The Morgan fingerprint density at radius 1 is 1.07 bits per heavy atom. The second-order valence-electron chi connectivity index (χ2n) is 7.35. The number of aromatic nitrogens is 1. The zero-order valence-corrected chi connectivity index (χ0v) is 16.3. The summed E-state index contributed by atoms with van der Waals surface area (Å²) in [5.74, 6) is -1.95. The number of fused-ring (bicyclic) bond motifs is 1. The van der Waals surface area contributed by atoms with Gasteiger partial charge in [0.25, 0.3) is 11.8 Å². The van der Waals surface area contributed by atoms with Crippen molar-refractivity contribution in [1.82, 2.24) is 20.3 Å². The fourth-order valence-electron chi connectivity index (χ4n) is 3.46. The third kappa shape index (κ3) is 3.57. The lowest BCUT2D eigenvalue weighted by molar-refractivity contribution is -0.139. The molecule has 3 aromatic rings. The Morgan fingerprint density at radius 2 is 1.77 bits per heavy atom. The number of benzene rings is 2. The van der Waals surface area contributed by atoms with Gasteiger partial charge in [0.2, 0.25) is 0 Å². The molecule has 9 heteroatoms. The summed E-state index contributed by atoms with van der Waals surface area (Å²) in [6.07, 6.45) is 0.960. The highest BCUT2D eigenvalue weighted by molar-refractivity contribution is 6.07. The van der Waals surface area contributed by atoms with Crippen molar-refractivity contribution in [3.8, 4) is 0 Å². The van der Waals surface area contributed by atoms with E-state index in [0.717, 1.165) is 10.1 Å². The molecule has 154 valence electrons. The van der Waals surface area contributed by atoms with Crippen molar-refractivity contribution >= 4 is 28.9 Å². The smallest absolute Gasteiger partial charge is 0.408 e. The summed E-state index contributed by atoms with van der Waals surface area (Å²) in [5.41, 5.74) is 2.98. The lowest BCUT2D eigenvalue weighted by Gasteiger charge is -2.21. The molecule has 0 bridgehead atoms. The molecule has 1 aliphatic rings. The van der Waals surface area contributed by atoms with Crippen LogP contribution in [0.2, 0.25) is 0 Å². The first-order chi connectivity index (χ1) is 14.4. The lowest BCUT2D eigenvalue weighted by Crippen LogP contribution is -2.50. The van der Waals surface area contributed by atoms with Crippen LogP contribution in [0, 0.1) is 0 Å². The molecule has 1 atom stereocenters. The van der Waals surface area contributed by atoms with Gasteiger partial charge in [-0.2, -0.15) is 5.01 Å². The molecule has 1 aliphatic heterocycles. The summed E-state index contributed by atoms with van der Waals surface area (Å²) in [6.45, 7) is 1.23. The van der Waals surface area contributed by atoms with Gasteiger partial charge >= 0.3 is 11.8 Å². The zero-order valence-electron chi connectivity index (χ0n) is 16.3. The number of carbonyl (C=O) groups excluding carboxylic acids is 3. The van der Waals surface area contributed by atoms with Crippen molar-refractivity contribution in [2.45, 2.75) is 31.8 Å². The van der Waals surface area contributed by atoms with Gasteiger partial charge in [-0.3, -0.25) is 19.6 Å². The maximum atomic E-state index is 12.8. The van der Waals surface area contributed by atoms with Crippen molar-refractivity contribution in [2.24, 2.45) is 0 Å². The summed E-state index contributed by atoms with van der Waals surface area (Å²) in [5, 5.41) is 3.31. The quantitative estimate of drug-likeness (QED) is 0.601. The van der Waals surface area contributed by atoms with Crippen LogP contribution < -0.4 is 16.5 Å². The number of hydrazine groups is 1. The van der Waals surface area contributed by atoms with E-state index in [9.17, 15) is 19.2 Å². The number of hydrogen-bond acceptors (Lipinski definition) is 5. The van der Waals surface area contributed by atoms with E-state index in [0.29, 0.717) is 29.0 Å². The van der Waals surface area contributed by atoms with Crippen molar-refractivity contribution in [3.05, 3.63) is 70.7 Å². The van der Waals surface area contributed by atoms with Crippen molar-refractivity contribution < 1.29 is 18.8 Å². The van der Waals surface area contributed by atoms with Crippen LogP contribution in [0.4, 0.5) is 4.79 Å². The summed E-state index contributed by atoms with van der Waals surface area (Å²) in [6, 6.07) is 15.5. The molecule has 0 radical (unpaired) electrons. The predicted molar refractivity (Wildman–Crippen MR) is 107 cm³/mol. The van der Waals surface area contributed by atoms with Gasteiger partial charge in [-0.15, -0.1) is 0 Å². The normalized spacial score (nSPS) is 18.6. The Labute approximate surface area is 171 Å². The maximum absolute atomic E-state index is 12.8. The van der Waals surface area contributed by atoms with Crippen LogP contribution in [0.15, 0.2) is 63.8 Å². The number of oxazole rings is 1. The number of urea groups is 1. The number of carbonyl (C=O) groups is 3. The van der Waals surface area contributed by atoms with Gasteiger partial charge in [0.1, 0.15) is 12.1 Å². The summed E-state index contributed by atoms with van der Waals surface area (Å²) in [7, 11) is 0. The fraction of sp³-hybridized carbons (Fsp3) is 0.238. The molecule has 4 rings (SSSR count). The average Bonchev–Trinajstić information content (AvgIpc) is 3.16. The number of nitrogens with zero attached hydrogens (tertiary/aromatic N) is 2. The molecule has 2 N–H and O–H groups in total. The maximum Gasteiger partial charge on any atom is 0.420 e. The Hall–Kier alpha value is -3.88. The molecule has 1 aromatic heterocycles. The van der Waals surface area contributed by atoms with Crippen molar-refractivity contribution in [1.29, 1.82) is 0 Å². The highest BCUT2D eigenvalue weighted by atomic mass is 16.4. The lowest BCUT2D eigenvalue weighted by atomic mass is 9.93. The number of amides is 4. The van der Waals surface area contributed by atoms with Crippen molar-refractivity contribution in [3.63, 3.8) is 0 Å². The van der Waals surface area contributed by atoms with Crippen molar-refractivity contribution in [2.75, 3.05) is 0 Å². The monoisotopic (exact) mass is 408 g/mol. The molecular formula is C21H20N4O5. The molecule has 0 saturated carbocycles. The molecule has 0 unspecified atom stereocenters. The van der Waals surface area contributed by atoms with E-state index in [4.69, 9.17) is 4.42 Å². The number of imide groups is 1. The topological polar surface area (TPSA) is 114 Å². The van der Waals surface area contributed by atoms with E-state index in [1.54, 1.807) is 31.2 Å². The van der Waals surface area contributed by atoms with E-state index in [2.05, 4.69) is 10.7 Å². The summed E-state index contributed by atoms with van der Waals surface area (Å²) in [4.78, 5) is 49.6. The minimum absolute atomic E-state index is 0.346. The van der Waals surface area contributed by atoms with Gasteiger partial charge in [-0.25, -0.2) is 9.59 Å². The van der Waals surface area contributed by atoms with E-state index >= 15 is 0 Å². The SMILES string of the molecule is C[C@@]1(CCc2ccccc2)NC(=O)N(NC(=O)Cn2c(=O)oc3ccccc32)C1=O. The van der Waals surface area contributed by atoms with Gasteiger partial charge in [0.05, 0.1) is 5.52 Å². The minimum atomic E-state index is -1.14. The Balaban J connectivity index is 1.44. The minimum Gasteiger partial charge on any atom is -0.408 e. The highest BCUT2D eigenvalue weighted by Gasteiger charge is 2.48. The van der Waals surface area contributed by atoms with E-state index < -0.39 is 35.7 Å². The van der Waals surface area contributed by atoms with Crippen LogP contribution in [0.3, 0.4) is 0 Å². The second kappa shape index (κ2) is 7.51. The molecular weight excluding hydrogens is 388 g/mol. The summed E-state index contributed by atoms with van der Waals surface area (Å²) < 4.78 is 6.22. The van der Waals surface area contributed by atoms with E-state index in [1.165, 1.54) is 0 Å². The van der Waals surface area contributed by atoms with Crippen LogP contribution in [0.25, 0.3) is 11.1 Å². The summed E-state index contributed by atoms with van der Waals surface area (Å²) >= 11 is 0. The Bertz CT molecular complexity index is 1180. The highest BCUT2D eigenvalue weighted by Crippen LogP contribution is 2.22. The number of rotatable bonds is 6. The van der Waals surface area contributed by atoms with Crippen LogP contribution in [-0.4, -0.2) is 33.0 Å². The van der Waals surface area contributed by atoms with Gasteiger partial charge < -0.3 is 9.73 Å². The molecule has 2 heterocycles. The molecule has 1 saturated heterocycles. The number of nitrogens with one attached hydrogen (secondary N) is 2. The Kier molecular flexibility index (Phi) is 4.86. The first kappa shape index (κ1) is 19.4. The van der Waals surface area contributed by atoms with Crippen LogP contribution in [0.5, 0.6) is 0 Å². The van der Waals surface area contributed by atoms with Gasteiger partial charge in [-0.05, 0) is 37.5 Å². The number of para-hydroxylation sites is 2. The molecule has 9 nitrogen and oxygen atoms in total. The molecule has 4 amide bonds. The van der Waals surface area contributed by atoms with Gasteiger partial charge in [0.15, 0.2) is 5.58 Å². The standard InChI is InChI=1S/C21H20N4O5/c1-21(12-11-14-7-3-2-4-8-14)18(27)25(19(28)22-21)23-17(26)13-24-15-9-5-6-10-16(15)30-20(24)29/h2-10H,11-13H2,1H3,(H,22,28)(H,23,26)/t21-/m0/s1. The van der Waals surface area contributed by atoms with Gasteiger partial charge in [0, 0.05) is 0 Å². The molecule has 2 aromatic carbocycles. The third-order valence-electron chi connectivity index (χ3n) is 5.13. The number of aryl methyl sites for hydroxylation is 1. The number of hydrogen-bond donors (Lipinski definition) is 2. The molecule has 1 fully saturated rings. The predicted octanol–water partition coefficient (Wildman–Crippen LogP) is 1.57. The third-order valence-corrected chi connectivity index (χ3v) is 5.13. The first-order valence-corrected chi connectivity index (χ1v) is 9.46. The van der Waals surface area contributed by atoms with Crippen LogP contribution in [0.1, 0.15) is 18.9 Å². The van der Waals surface area contributed by atoms with Crippen LogP contribution in [-0.2, 0) is 22.6 Å². The first-order valence-electron chi connectivity index (χ1n) is 9.46. The van der Waals surface area contributed by atoms with E-state index in [1.807, 2.05) is 30.3 Å². The molecule has 0 spiro atoms. The molecule has 30 heavy (non-hydrogen) atoms. The largest absolute Gasteiger partial charge is 0.420 e. The Morgan fingerprint density at radius 3 is 2.53 bits per heavy atom. The fourth-order valence-corrected chi connectivity index (χ4v) is 3.46. The van der Waals surface area contributed by atoms with Crippen LogP contribution >= 0.6 is 0 Å². The molecule has 0 aliphatic carbocycles.